The van der Waals surface area contributed by atoms with E-state index in [2.05, 4.69) is 5.32 Å². The molecule has 25 heavy (non-hydrogen) atoms. The Balaban J connectivity index is 2.39. The van der Waals surface area contributed by atoms with Crippen LogP contribution in [0.4, 0.5) is 18.9 Å². The molecule has 0 atom stereocenters. The van der Waals surface area contributed by atoms with Crippen LogP contribution >= 0.6 is 0 Å². The molecule has 0 fully saturated rings. The van der Waals surface area contributed by atoms with Gasteiger partial charge in [-0.05, 0) is 29.5 Å². The molecule has 0 saturated carbocycles. The molecule has 1 N–H and O–H groups in total. The van der Waals surface area contributed by atoms with Gasteiger partial charge < -0.3 is 5.32 Å². The monoisotopic (exact) mass is 347 g/mol. The van der Waals surface area contributed by atoms with Gasteiger partial charge in [-0.2, -0.15) is 13.2 Å². The van der Waals surface area contributed by atoms with Crippen molar-refractivity contribution in [3.8, 4) is 0 Å². The third-order valence-electron chi connectivity index (χ3n) is 3.84. The molecular weight excluding hydrogens is 327 g/mol. The molecule has 0 unspecified atom stereocenters. The predicted octanol–water partition coefficient (Wildman–Crippen LogP) is 5.70. The lowest BCUT2D eigenvalue weighted by Crippen LogP contribution is -2.17. The Morgan fingerprint density at radius 2 is 1.68 bits per heavy atom. The van der Waals surface area contributed by atoms with Crippen LogP contribution in [0, 0.1) is 6.92 Å². The van der Waals surface area contributed by atoms with Crippen LogP contribution in [-0.2, 0) is 4.79 Å². The molecule has 0 spiro atoms. The lowest BCUT2D eigenvalue weighted by Gasteiger charge is -2.16. The van der Waals surface area contributed by atoms with Gasteiger partial charge in [-0.1, -0.05) is 62.4 Å². The second kappa shape index (κ2) is 7.55. The number of allylic oxidation sites excluding steroid dienone is 1. The van der Waals surface area contributed by atoms with Crippen LogP contribution in [0.25, 0.3) is 5.57 Å². The quantitative estimate of drug-likeness (QED) is 0.706. The van der Waals surface area contributed by atoms with Crippen molar-refractivity contribution in [2.45, 2.75) is 32.9 Å². The molecule has 0 aliphatic carbocycles. The summed E-state index contributed by atoms with van der Waals surface area (Å²) in [4.78, 5) is 12.3. The molecule has 0 heterocycles. The van der Waals surface area contributed by atoms with Crippen LogP contribution in [0.5, 0.6) is 0 Å². The number of aryl methyl sites for hydroxylation is 1. The number of anilines is 1. The first kappa shape index (κ1) is 18.8. The third kappa shape index (κ3) is 4.72. The number of nitrogens with one attached hydrogen (secondary N) is 1. The highest BCUT2D eigenvalue weighted by molar-refractivity contribution is 6.05. The topological polar surface area (TPSA) is 29.1 Å². The van der Waals surface area contributed by atoms with E-state index in [0.29, 0.717) is 11.8 Å². The molecule has 1 amide bonds. The van der Waals surface area contributed by atoms with Crippen molar-refractivity contribution < 1.29 is 18.0 Å². The van der Waals surface area contributed by atoms with E-state index in [1.54, 1.807) is 6.07 Å². The average molecular weight is 347 g/mol. The van der Waals surface area contributed by atoms with E-state index in [-0.39, 0.29) is 11.5 Å². The molecule has 0 saturated heterocycles. The van der Waals surface area contributed by atoms with Crippen molar-refractivity contribution in [1.29, 1.82) is 0 Å². The van der Waals surface area contributed by atoms with E-state index in [1.807, 2.05) is 39.0 Å². The van der Waals surface area contributed by atoms with Crippen LogP contribution in [0.2, 0.25) is 0 Å². The summed E-state index contributed by atoms with van der Waals surface area (Å²) in [6.07, 6.45) is -4.00. The Bertz CT molecular complexity index is 777. The van der Waals surface area contributed by atoms with E-state index in [9.17, 15) is 18.0 Å². The van der Waals surface area contributed by atoms with Crippen LogP contribution in [-0.4, -0.2) is 12.1 Å². The van der Waals surface area contributed by atoms with Gasteiger partial charge in [0.05, 0.1) is 5.57 Å². The molecule has 0 radical (unpaired) electrons. The number of hydrogen-bond acceptors (Lipinski definition) is 1. The smallest absolute Gasteiger partial charge is 0.322 e. The highest BCUT2D eigenvalue weighted by Crippen LogP contribution is 2.34. The van der Waals surface area contributed by atoms with E-state index in [1.165, 1.54) is 24.3 Å². The van der Waals surface area contributed by atoms with Gasteiger partial charge in [-0.15, -0.1) is 0 Å². The second-order valence-corrected chi connectivity index (χ2v) is 6.10. The van der Waals surface area contributed by atoms with Gasteiger partial charge in [0.25, 0.3) is 0 Å². The Hall–Kier alpha value is -2.56. The highest BCUT2D eigenvalue weighted by atomic mass is 19.4. The molecule has 2 aromatic carbocycles. The van der Waals surface area contributed by atoms with E-state index in [4.69, 9.17) is 0 Å². The number of carbonyl (C=O) groups is 1. The van der Waals surface area contributed by atoms with Gasteiger partial charge >= 0.3 is 6.18 Å². The summed E-state index contributed by atoms with van der Waals surface area (Å²) in [5.41, 5.74) is 1.24. The minimum absolute atomic E-state index is 0.0426. The Morgan fingerprint density at radius 1 is 1.04 bits per heavy atom. The molecule has 2 aromatic rings. The van der Waals surface area contributed by atoms with Gasteiger partial charge in [0.15, 0.2) is 0 Å². The van der Waals surface area contributed by atoms with Crippen molar-refractivity contribution >= 4 is 17.2 Å². The Kier molecular flexibility index (Phi) is 5.67. The van der Waals surface area contributed by atoms with Crippen molar-refractivity contribution in [2.75, 3.05) is 5.32 Å². The van der Waals surface area contributed by atoms with Crippen LogP contribution in [0.15, 0.2) is 54.6 Å². The normalized spacial score (nSPS) is 12.4. The Labute approximate surface area is 145 Å². The lowest BCUT2D eigenvalue weighted by molar-refractivity contribution is -0.112. The first-order valence-corrected chi connectivity index (χ1v) is 7.95. The largest absolute Gasteiger partial charge is 0.417 e. The summed E-state index contributed by atoms with van der Waals surface area (Å²) in [6, 6.07) is 12.8. The maximum Gasteiger partial charge on any atom is 0.417 e. The number of rotatable bonds is 4. The molecule has 132 valence electrons. The predicted molar refractivity (Wildman–Crippen MR) is 94.4 cm³/mol. The standard InChI is InChI=1S/C20H20F3NO/c1-13(2)16-11-7-8-14(3)19(16)24-18(25)12-17(20(21,22)23)15-9-5-4-6-10-15/h4-13H,1-3H3,(H,24,25)/b17-12-. The maximum absolute atomic E-state index is 13.3. The van der Waals surface area contributed by atoms with Crippen LogP contribution in [0.3, 0.4) is 0 Å². The van der Waals surface area contributed by atoms with E-state index in [0.717, 1.165) is 11.1 Å². The summed E-state index contributed by atoms with van der Waals surface area (Å²) in [6.45, 7) is 5.74. The van der Waals surface area contributed by atoms with E-state index >= 15 is 0 Å². The minimum Gasteiger partial charge on any atom is -0.322 e. The molecule has 2 rings (SSSR count). The number of benzene rings is 2. The van der Waals surface area contributed by atoms with Gasteiger partial charge in [0.2, 0.25) is 5.91 Å². The van der Waals surface area contributed by atoms with E-state index < -0.39 is 17.7 Å². The summed E-state index contributed by atoms with van der Waals surface area (Å²) in [5, 5.41) is 2.62. The summed E-state index contributed by atoms with van der Waals surface area (Å²) in [7, 11) is 0. The second-order valence-electron chi connectivity index (χ2n) is 6.10. The number of halogens is 3. The summed E-state index contributed by atoms with van der Waals surface area (Å²) in [5.74, 6) is -0.664. The van der Waals surface area contributed by atoms with Crippen molar-refractivity contribution in [2.24, 2.45) is 0 Å². The molecular formula is C20H20F3NO. The van der Waals surface area contributed by atoms with Crippen molar-refractivity contribution in [1.82, 2.24) is 0 Å². The zero-order chi connectivity index (χ0) is 18.6. The summed E-state index contributed by atoms with van der Waals surface area (Å²) < 4.78 is 40.0. The molecule has 0 aromatic heterocycles. The molecule has 0 bridgehead atoms. The van der Waals surface area contributed by atoms with Gasteiger partial charge in [-0.3, -0.25) is 4.79 Å². The lowest BCUT2D eigenvalue weighted by atomic mass is 9.98. The van der Waals surface area contributed by atoms with Gasteiger partial charge in [0, 0.05) is 11.8 Å². The highest BCUT2D eigenvalue weighted by Gasteiger charge is 2.35. The van der Waals surface area contributed by atoms with Crippen molar-refractivity contribution in [3.05, 3.63) is 71.3 Å². The zero-order valence-electron chi connectivity index (χ0n) is 14.3. The minimum atomic E-state index is -4.62. The van der Waals surface area contributed by atoms with Gasteiger partial charge in [0.1, 0.15) is 0 Å². The average Bonchev–Trinajstić information content (AvgIpc) is 2.54. The zero-order valence-corrected chi connectivity index (χ0v) is 14.3. The number of alkyl halides is 3. The van der Waals surface area contributed by atoms with Crippen LogP contribution < -0.4 is 5.32 Å². The molecule has 2 nitrogen and oxygen atoms in total. The maximum atomic E-state index is 13.3. The molecule has 0 aliphatic rings. The molecule has 0 aliphatic heterocycles. The fraction of sp³-hybridized carbons (Fsp3) is 0.250. The van der Waals surface area contributed by atoms with Gasteiger partial charge in [-0.25, -0.2) is 0 Å². The van der Waals surface area contributed by atoms with Crippen LogP contribution in [0.1, 0.15) is 36.5 Å². The fourth-order valence-electron chi connectivity index (χ4n) is 2.58. The first-order valence-electron chi connectivity index (χ1n) is 7.95. The number of amides is 1. The summed E-state index contributed by atoms with van der Waals surface area (Å²) >= 11 is 0. The molecule has 5 heteroatoms. The Morgan fingerprint density at radius 3 is 2.24 bits per heavy atom. The third-order valence-corrected chi connectivity index (χ3v) is 3.84. The fourth-order valence-corrected chi connectivity index (χ4v) is 2.58. The number of para-hydroxylation sites is 1. The SMILES string of the molecule is Cc1cccc(C(C)C)c1NC(=O)/C=C(/c1ccccc1)C(F)(F)F. The van der Waals surface area contributed by atoms with Crippen molar-refractivity contribution in [3.63, 3.8) is 0 Å². The number of hydrogen-bond donors (Lipinski definition) is 1. The first-order chi connectivity index (χ1) is 11.7. The number of carbonyl (C=O) groups excluding carboxylic acids is 1.